The van der Waals surface area contributed by atoms with Gasteiger partial charge in [-0.2, -0.15) is 5.26 Å². The summed E-state index contributed by atoms with van der Waals surface area (Å²) >= 11 is 11.8. The highest BCUT2D eigenvalue weighted by Crippen LogP contribution is 2.28. The number of carbonyl (C=O) groups is 1. The third kappa shape index (κ3) is 3.12. The summed E-state index contributed by atoms with van der Waals surface area (Å²) in [5, 5.41) is 11.7. The fourth-order valence-electron chi connectivity index (χ4n) is 1.01. The Hall–Kier alpha value is -1.24. The Kier molecular flexibility index (Phi) is 3.96. The number of hydrogen-bond acceptors (Lipinski definition) is 2. The number of amides is 1. The van der Waals surface area contributed by atoms with Crippen LogP contribution in [0, 0.1) is 18.3 Å². The van der Waals surface area contributed by atoms with Crippen LogP contribution in [0.1, 0.15) is 12.0 Å². The number of carbonyl (C=O) groups excluding carboxylic acids is 1. The molecule has 0 saturated carbocycles. The van der Waals surface area contributed by atoms with Crippen molar-refractivity contribution < 1.29 is 4.79 Å². The molecule has 0 atom stereocenters. The van der Waals surface area contributed by atoms with Gasteiger partial charge in [0.05, 0.1) is 16.8 Å². The molecular formula is C10H8Cl2N2O. The zero-order valence-corrected chi connectivity index (χ0v) is 9.49. The highest BCUT2D eigenvalue weighted by Gasteiger charge is 2.07. The van der Waals surface area contributed by atoms with Crippen LogP contribution in [0.3, 0.4) is 0 Å². The van der Waals surface area contributed by atoms with Crippen molar-refractivity contribution in [2.45, 2.75) is 13.3 Å². The van der Waals surface area contributed by atoms with Gasteiger partial charge in [-0.3, -0.25) is 4.79 Å². The lowest BCUT2D eigenvalue weighted by atomic mass is 10.2. The summed E-state index contributed by atoms with van der Waals surface area (Å²) in [4.78, 5) is 11.1. The van der Waals surface area contributed by atoms with E-state index >= 15 is 0 Å². The van der Waals surface area contributed by atoms with E-state index in [-0.39, 0.29) is 6.42 Å². The second kappa shape index (κ2) is 5.01. The van der Waals surface area contributed by atoms with E-state index in [1.807, 2.05) is 6.92 Å². The topological polar surface area (TPSA) is 52.9 Å². The Balaban J connectivity index is 2.92. The molecule has 78 valence electrons. The first-order chi connectivity index (χ1) is 7.04. The summed E-state index contributed by atoms with van der Waals surface area (Å²) < 4.78 is 0. The second-order valence-electron chi connectivity index (χ2n) is 2.96. The van der Waals surface area contributed by atoms with E-state index in [4.69, 9.17) is 28.5 Å². The third-order valence-corrected chi connectivity index (χ3v) is 2.48. The van der Waals surface area contributed by atoms with Crippen molar-refractivity contribution in [1.29, 1.82) is 5.26 Å². The van der Waals surface area contributed by atoms with E-state index in [1.165, 1.54) is 0 Å². The van der Waals surface area contributed by atoms with Crippen molar-refractivity contribution in [3.8, 4) is 6.07 Å². The molecule has 0 heterocycles. The van der Waals surface area contributed by atoms with Crippen molar-refractivity contribution in [3.63, 3.8) is 0 Å². The summed E-state index contributed by atoms with van der Waals surface area (Å²) in [6.07, 6.45) is -0.207. The molecule has 0 aliphatic carbocycles. The second-order valence-corrected chi connectivity index (χ2v) is 3.78. The van der Waals surface area contributed by atoms with Gasteiger partial charge >= 0.3 is 0 Å². The number of nitriles is 1. The Morgan fingerprint density at radius 3 is 2.73 bits per heavy atom. The van der Waals surface area contributed by atoms with Crippen LogP contribution in [-0.2, 0) is 4.79 Å². The predicted octanol–water partition coefficient (Wildman–Crippen LogP) is 3.15. The van der Waals surface area contributed by atoms with E-state index in [0.29, 0.717) is 15.7 Å². The van der Waals surface area contributed by atoms with Crippen molar-refractivity contribution in [1.82, 2.24) is 0 Å². The van der Waals surface area contributed by atoms with Gasteiger partial charge in [0.2, 0.25) is 5.91 Å². The molecule has 0 aliphatic rings. The van der Waals surface area contributed by atoms with Gasteiger partial charge in [0, 0.05) is 5.02 Å². The number of benzene rings is 1. The number of aryl methyl sites for hydroxylation is 1. The van der Waals surface area contributed by atoms with E-state index in [9.17, 15) is 4.79 Å². The minimum absolute atomic E-state index is 0.207. The molecule has 0 unspecified atom stereocenters. The van der Waals surface area contributed by atoms with Gasteiger partial charge in [0.15, 0.2) is 0 Å². The van der Waals surface area contributed by atoms with E-state index < -0.39 is 5.91 Å². The van der Waals surface area contributed by atoms with Crippen molar-refractivity contribution in [2.24, 2.45) is 0 Å². The van der Waals surface area contributed by atoms with Crippen molar-refractivity contribution in [3.05, 3.63) is 27.7 Å². The number of nitrogens with zero attached hydrogens (tertiary/aromatic N) is 1. The molecule has 0 spiro atoms. The fourth-order valence-corrected chi connectivity index (χ4v) is 1.44. The summed E-state index contributed by atoms with van der Waals surface area (Å²) in [6, 6.07) is 4.97. The number of hydrogen-bond donors (Lipinski definition) is 1. The summed E-state index contributed by atoms with van der Waals surface area (Å²) in [5.41, 5.74) is 1.26. The molecule has 3 nitrogen and oxygen atoms in total. The van der Waals surface area contributed by atoms with Crippen LogP contribution in [0.5, 0.6) is 0 Å². The van der Waals surface area contributed by atoms with Gasteiger partial charge in [-0.25, -0.2) is 0 Å². The average molecular weight is 243 g/mol. The number of halogens is 2. The molecule has 15 heavy (non-hydrogen) atoms. The van der Waals surface area contributed by atoms with Gasteiger partial charge in [-0.05, 0) is 24.6 Å². The zero-order valence-electron chi connectivity index (χ0n) is 7.97. The normalized spacial score (nSPS) is 9.47. The monoisotopic (exact) mass is 242 g/mol. The maximum absolute atomic E-state index is 11.1. The molecule has 0 radical (unpaired) electrons. The minimum Gasteiger partial charge on any atom is -0.324 e. The SMILES string of the molecule is Cc1cc(Cl)c(NC(=O)CC#N)cc1Cl. The van der Waals surface area contributed by atoms with E-state index in [0.717, 1.165) is 5.56 Å². The Morgan fingerprint density at radius 2 is 2.13 bits per heavy atom. The number of rotatable bonds is 2. The van der Waals surface area contributed by atoms with Crippen LogP contribution in [0.15, 0.2) is 12.1 Å². The molecule has 0 aliphatic heterocycles. The molecule has 1 rings (SSSR count). The molecule has 0 fully saturated rings. The molecule has 0 aromatic heterocycles. The lowest BCUT2D eigenvalue weighted by Crippen LogP contribution is -2.10. The standard InChI is InChI=1S/C10H8Cl2N2O/c1-6-4-8(12)9(5-7(6)11)14-10(15)2-3-13/h4-5H,2H2,1H3,(H,14,15). The number of anilines is 1. The Morgan fingerprint density at radius 1 is 1.47 bits per heavy atom. The highest BCUT2D eigenvalue weighted by atomic mass is 35.5. The van der Waals surface area contributed by atoms with Crippen molar-refractivity contribution in [2.75, 3.05) is 5.32 Å². The summed E-state index contributed by atoms with van der Waals surface area (Å²) in [5.74, 6) is -0.403. The molecule has 1 aromatic rings. The molecule has 1 aromatic carbocycles. The van der Waals surface area contributed by atoms with Gasteiger partial charge < -0.3 is 5.32 Å². The molecule has 1 N–H and O–H groups in total. The highest BCUT2D eigenvalue weighted by molar-refractivity contribution is 6.36. The minimum atomic E-state index is -0.403. The van der Waals surface area contributed by atoms with Crippen LogP contribution in [0.4, 0.5) is 5.69 Å². The predicted molar refractivity (Wildman–Crippen MR) is 60.1 cm³/mol. The lowest BCUT2D eigenvalue weighted by Gasteiger charge is -2.07. The van der Waals surface area contributed by atoms with E-state index in [2.05, 4.69) is 5.32 Å². The third-order valence-electron chi connectivity index (χ3n) is 1.76. The largest absolute Gasteiger partial charge is 0.324 e. The lowest BCUT2D eigenvalue weighted by molar-refractivity contribution is -0.115. The van der Waals surface area contributed by atoms with Crippen molar-refractivity contribution >= 4 is 34.8 Å². The average Bonchev–Trinajstić information content (AvgIpc) is 2.14. The summed E-state index contributed by atoms with van der Waals surface area (Å²) in [6.45, 7) is 1.81. The maximum atomic E-state index is 11.1. The van der Waals surface area contributed by atoms with Crippen LogP contribution >= 0.6 is 23.2 Å². The molecule has 0 bridgehead atoms. The van der Waals surface area contributed by atoms with Gasteiger partial charge in [-0.1, -0.05) is 23.2 Å². The summed E-state index contributed by atoms with van der Waals surface area (Å²) in [7, 11) is 0. The first-order valence-corrected chi connectivity index (χ1v) is 4.92. The number of nitrogens with one attached hydrogen (secondary N) is 1. The zero-order chi connectivity index (χ0) is 11.4. The molecule has 1 amide bonds. The Labute approximate surface area is 97.6 Å². The van der Waals surface area contributed by atoms with Crippen LogP contribution in [0.25, 0.3) is 0 Å². The van der Waals surface area contributed by atoms with Crippen LogP contribution in [0.2, 0.25) is 10.0 Å². The molecule has 0 saturated heterocycles. The smallest absolute Gasteiger partial charge is 0.238 e. The van der Waals surface area contributed by atoms with Crippen LogP contribution < -0.4 is 5.32 Å². The molecular weight excluding hydrogens is 235 g/mol. The molecule has 5 heteroatoms. The fraction of sp³-hybridized carbons (Fsp3) is 0.200. The first-order valence-electron chi connectivity index (χ1n) is 4.17. The quantitative estimate of drug-likeness (QED) is 0.867. The van der Waals surface area contributed by atoms with Gasteiger partial charge in [0.1, 0.15) is 6.42 Å². The van der Waals surface area contributed by atoms with Gasteiger partial charge in [-0.15, -0.1) is 0 Å². The Bertz CT molecular complexity index is 438. The van der Waals surface area contributed by atoms with E-state index in [1.54, 1.807) is 18.2 Å². The van der Waals surface area contributed by atoms with Crippen LogP contribution in [-0.4, -0.2) is 5.91 Å². The maximum Gasteiger partial charge on any atom is 0.238 e. The van der Waals surface area contributed by atoms with Gasteiger partial charge in [0.25, 0.3) is 0 Å². The first kappa shape index (κ1) is 11.8.